The number of rotatable bonds is 5. The van der Waals surface area contributed by atoms with Crippen LogP contribution in [0.3, 0.4) is 0 Å². The Hall–Kier alpha value is -1.00. The second-order valence-electron chi connectivity index (χ2n) is 2.79. The fourth-order valence-corrected chi connectivity index (χ4v) is 1.00. The molecular weight excluding hydrogens is 197 g/mol. The molecule has 1 atom stereocenters. The van der Waals surface area contributed by atoms with E-state index in [0.29, 0.717) is 0 Å². The monoisotopic (exact) mass is 210 g/mol. The lowest BCUT2D eigenvalue weighted by atomic mass is 10.0. The van der Waals surface area contributed by atoms with Crippen LogP contribution in [0.4, 0.5) is 13.2 Å². The number of hydrogen-bond acceptors (Lipinski definition) is 2. The predicted molar refractivity (Wildman–Crippen MR) is 45.6 cm³/mol. The van der Waals surface area contributed by atoms with Gasteiger partial charge in [0.15, 0.2) is 0 Å². The van der Waals surface area contributed by atoms with Crippen molar-refractivity contribution in [1.82, 2.24) is 0 Å². The number of halogens is 3. The maximum absolute atomic E-state index is 12.0. The molecule has 0 aromatic carbocycles. The van der Waals surface area contributed by atoms with Gasteiger partial charge in [-0.1, -0.05) is 6.08 Å². The molecule has 0 spiro atoms. The Morgan fingerprint density at radius 3 is 2.50 bits per heavy atom. The van der Waals surface area contributed by atoms with E-state index in [4.69, 9.17) is 0 Å². The van der Waals surface area contributed by atoms with Crippen molar-refractivity contribution in [1.29, 1.82) is 0 Å². The Balaban J connectivity index is 4.28. The second kappa shape index (κ2) is 5.67. The minimum Gasteiger partial charge on any atom is -0.466 e. The van der Waals surface area contributed by atoms with Crippen LogP contribution in [0.2, 0.25) is 0 Å². The summed E-state index contributed by atoms with van der Waals surface area (Å²) in [6.45, 7) is 4.94. The lowest BCUT2D eigenvalue weighted by Crippen LogP contribution is -2.24. The molecule has 0 fully saturated rings. The highest BCUT2D eigenvalue weighted by atomic mass is 19.4. The van der Waals surface area contributed by atoms with Crippen LogP contribution in [0, 0.1) is 5.92 Å². The van der Waals surface area contributed by atoms with Gasteiger partial charge in [0.25, 0.3) is 0 Å². The summed E-state index contributed by atoms with van der Waals surface area (Å²) in [6.07, 6.45) is -4.23. The summed E-state index contributed by atoms with van der Waals surface area (Å²) in [5.74, 6) is -1.97. The highest BCUT2D eigenvalue weighted by Gasteiger charge is 2.35. The molecule has 0 aliphatic carbocycles. The minimum absolute atomic E-state index is 0.0155. The van der Waals surface area contributed by atoms with Gasteiger partial charge in [0.05, 0.1) is 18.9 Å². The average Bonchev–Trinajstić information content (AvgIpc) is 2.01. The van der Waals surface area contributed by atoms with Gasteiger partial charge in [-0.15, -0.1) is 6.58 Å². The van der Waals surface area contributed by atoms with E-state index in [9.17, 15) is 18.0 Å². The van der Waals surface area contributed by atoms with Crippen LogP contribution in [0.1, 0.15) is 19.8 Å². The fourth-order valence-electron chi connectivity index (χ4n) is 1.00. The van der Waals surface area contributed by atoms with Crippen molar-refractivity contribution in [3.8, 4) is 0 Å². The number of alkyl halides is 3. The van der Waals surface area contributed by atoms with Crippen molar-refractivity contribution in [3.05, 3.63) is 12.7 Å². The van der Waals surface area contributed by atoms with Crippen LogP contribution < -0.4 is 0 Å². The van der Waals surface area contributed by atoms with Crippen molar-refractivity contribution in [2.75, 3.05) is 6.61 Å². The number of ether oxygens (including phenoxy) is 1. The standard InChI is InChI=1S/C9H13F3O2/c1-3-5-7(6-9(10,11)12)8(13)14-4-2/h3,7H,1,4-6H2,2H3. The van der Waals surface area contributed by atoms with E-state index in [-0.39, 0.29) is 13.0 Å². The SMILES string of the molecule is C=CCC(CC(F)(F)F)C(=O)OCC. The molecule has 0 aliphatic heterocycles. The highest BCUT2D eigenvalue weighted by molar-refractivity contribution is 5.72. The smallest absolute Gasteiger partial charge is 0.389 e. The first kappa shape index (κ1) is 13.0. The summed E-state index contributed by atoms with van der Waals surface area (Å²) in [4.78, 5) is 11.0. The summed E-state index contributed by atoms with van der Waals surface area (Å²) in [5.41, 5.74) is 0. The summed E-state index contributed by atoms with van der Waals surface area (Å²) in [6, 6.07) is 0. The summed E-state index contributed by atoms with van der Waals surface area (Å²) in [5, 5.41) is 0. The first-order chi connectivity index (χ1) is 6.40. The molecule has 0 aromatic heterocycles. The van der Waals surface area contributed by atoms with Gasteiger partial charge in [-0.05, 0) is 13.3 Å². The Labute approximate surface area is 80.7 Å². The molecule has 82 valence electrons. The lowest BCUT2D eigenvalue weighted by molar-refractivity contribution is -0.167. The molecule has 0 aromatic rings. The molecule has 0 rings (SSSR count). The van der Waals surface area contributed by atoms with Crippen molar-refractivity contribution in [3.63, 3.8) is 0 Å². The number of esters is 1. The molecule has 5 heteroatoms. The van der Waals surface area contributed by atoms with Gasteiger partial charge in [0.2, 0.25) is 0 Å². The molecule has 0 radical (unpaired) electrons. The number of hydrogen-bond donors (Lipinski definition) is 0. The summed E-state index contributed by atoms with van der Waals surface area (Å²) >= 11 is 0. The third-order valence-corrected chi connectivity index (χ3v) is 1.55. The van der Waals surface area contributed by atoms with E-state index >= 15 is 0 Å². The number of allylic oxidation sites excluding steroid dienone is 1. The highest BCUT2D eigenvalue weighted by Crippen LogP contribution is 2.27. The zero-order chi connectivity index (χ0) is 11.2. The third-order valence-electron chi connectivity index (χ3n) is 1.55. The number of carbonyl (C=O) groups excluding carboxylic acids is 1. The topological polar surface area (TPSA) is 26.3 Å². The molecule has 1 unspecified atom stereocenters. The molecule has 0 heterocycles. The van der Waals surface area contributed by atoms with E-state index in [1.807, 2.05) is 0 Å². The number of carbonyl (C=O) groups is 1. The van der Waals surface area contributed by atoms with E-state index < -0.39 is 24.5 Å². The molecule has 2 nitrogen and oxygen atoms in total. The largest absolute Gasteiger partial charge is 0.466 e. The lowest BCUT2D eigenvalue weighted by Gasteiger charge is -2.15. The van der Waals surface area contributed by atoms with E-state index in [1.165, 1.54) is 6.08 Å². The van der Waals surface area contributed by atoms with Crippen LogP contribution in [0.25, 0.3) is 0 Å². The van der Waals surface area contributed by atoms with Crippen molar-refractivity contribution in [2.45, 2.75) is 25.9 Å². The van der Waals surface area contributed by atoms with E-state index in [2.05, 4.69) is 11.3 Å². The third kappa shape index (κ3) is 5.61. The van der Waals surface area contributed by atoms with E-state index in [1.54, 1.807) is 6.92 Å². The molecular formula is C9H13F3O2. The van der Waals surface area contributed by atoms with Crippen molar-refractivity contribution >= 4 is 5.97 Å². The minimum atomic E-state index is -4.35. The van der Waals surface area contributed by atoms with Crippen LogP contribution in [0.5, 0.6) is 0 Å². The molecule has 0 saturated heterocycles. The Morgan fingerprint density at radius 2 is 2.14 bits per heavy atom. The average molecular weight is 210 g/mol. The van der Waals surface area contributed by atoms with Crippen molar-refractivity contribution in [2.24, 2.45) is 5.92 Å². The van der Waals surface area contributed by atoms with Gasteiger partial charge in [-0.2, -0.15) is 13.2 Å². The maximum Gasteiger partial charge on any atom is 0.389 e. The maximum atomic E-state index is 12.0. The van der Waals surface area contributed by atoms with Crippen molar-refractivity contribution < 1.29 is 22.7 Å². The van der Waals surface area contributed by atoms with Gasteiger partial charge >= 0.3 is 12.1 Å². The zero-order valence-electron chi connectivity index (χ0n) is 7.93. The fraction of sp³-hybridized carbons (Fsp3) is 0.667. The Morgan fingerprint density at radius 1 is 1.57 bits per heavy atom. The summed E-state index contributed by atoms with van der Waals surface area (Å²) in [7, 11) is 0. The summed E-state index contributed by atoms with van der Waals surface area (Å²) < 4.78 is 40.5. The Kier molecular flexibility index (Phi) is 5.27. The van der Waals surface area contributed by atoms with Gasteiger partial charge in [0, 0.05) is 0 Å². The zero-order valence-corrected chi connectivity index (χ0v) is 7.93. The second-order valence-corrected chi connectivity index (χ2v) is 2.79. The molecule has 0 aliphatic rings. The van der Waals surface area contributed by atoms with Crippen LogP contribution in [-0.4, -0.2) is 18.8 Å². The first-order valence-corrected chi connectivity index (χ1v) is 4.25. The predicted octanol–water partition coefficient (Wildman–Crippen LogP) is 2.69. The first-order valence-electron chi connectivity index (χ1n) is 4.25. The molecule has 0 saturated carbocycles. The van der Waals surface area contributed by atoms with Gasteiger partial charge in [0.1, 0.15) is 0 Å². The normalized spacial score (nSPS) is 13.4. The van der Waals surface area contributed by atoms with E-state index in [0.717, 1.165) is 0 Å². The quantitative estimate of drug-likeness (QED) is 0.515. The van der Waals surface area contributed by atoms with Crippen LogP contribution in [0.15, 0.2) is 12.7 Å². The van der Waals surface area contributed by atoms with Gasteiger partial charge in [-0.3, -0.25) is 4.79 Å². The molecule has 0 N–H and O–H groups in total. The van der Waals surface area contributed by atoms with Gasteiger partial charge < -0.3 is 4.74 Å². The Bertz CT molecular complexity index is 199. The van der Waals surface area contributed by atoms with Crippen LogP contribution in [-0.2, 0) is 9.53 Å². The molecule has 0 bridgehead atoms. The molecule has 0 amide bonds. The molecule has 14 heavy (non-hydrogen) atoms. The van der Waals surface area contributed by atoms with Crippen LogP contribution >= 0.6 is 0 Å². The van der Waals surface area contributed by atoms with Gasteiger partial charge in [-0.25, -0.2) is 0 Å².